The van der Waals surface area contributed by atoms with Gasteiger partial charge in [0.15, 0.2) is 0 Å². The molecule has 0 saturated carbocycles. The maximum absolute atomic E-state index is 13.1. The largest absolute Gasteiger partial charge is 0.497 e. The number of likely N-dealkylation sites (tertiary alicyclic amines) is 1. The Labute approximate surface area is 201 Å². The molecule has 0 aromatic heterocycles. The fourth-order valence-corrected chi connectivity index (χ4v) is 4.14. The molecule has 8 nitrogen and oxygen atoms in total. The number of anilines is 1. The molecule has 0 radical (unpaired) electrons. The lowest BCUT2D eigenvalue weighted by molar-refractivity contribution is -0.133. The van der Waals surface area contributed by atoms with Crippen LogP contribution in [0.2, 0.25) is 0 Å². The molecule has 3 N–H and O–H groups in total. The molecule has 34 heavy (non-hydrogen) atoms. The van der Waals surface area contributed by atoms with Crippen LogP contribution < -0.4 is 20.7 Å². The van der Waals surface area contributed by atoms with Crippen molar-refractivity contribution in [3.05, 3.63) is 59.7 Å². The third-order valence-corrected chi connectivity index (χ3v) is 6.01. The van der Waals surface area contributed by atoms with Gasteiger partial charge in [-0.2, -0.15) is 0 Å². The monoisotopic (exact) mass is 466 g/mol. The van der Waals surface area contributed by atoms with E-state index < -0.39 is 6.04 Å². The third-order valence-electron chi connectivity index (χ3n) is 6.01. The van der Waals surface area contributed by atoms with Crippen molar-refractivity contribution in [2.45, 2.75) is 39.2 Å². The van der Waals surface area contributed by atoms with Crippen LogP contribution in [-0.4, -0.2) is 49.5 Å². The fourth-order valence-electron chi connectivity index (χ4n) is 4.14. The topological polar surface area (TPSA) is 99.8 Å². The van der Waals surface area contributed by atoms with Crippen LogP contribution >= 0.6 is 0 Å². The van der Waals surface area contributed by atoms with Gasteiger partial charge in [-0.1, -0.05) is 29.8 Å². The molecule has 1 aliphatic rings. The lowest BCUT2D eigenvalue weighted by Gasteiger charge is -2.34. The number of nitrogens with one attached hydrogen (secondary N) is 3. The van der Waals surface area contributed by atoms with E-state index in [1.807, 2.05) is 60.4 Å². The van der Waals surface area contributed by atoms with E-state index in [0.29, 0.717) is 19.6 Å². The Morgan fingerprint density at radius 3 is 2.44 bits per heavy atom. The Hall–Kier alpha value is -3.55. The van der Waals surface area contributed by atoms with Crippen molar-refractivity contribution in [2.75, 3.05) is 32.1 Å². The smallest absolute Gasteiger partial charge is 0.319 e. The van der Waals surface area contributed by atoms with E-state index in [9.17, 15) is 14.4 Å². The number of nitrogens with zero attached hydrogens (tertiary/aromatic N) is 1. The summed E-state index contributed by atoms with van der Waals surface area (Å²) in [4.78, 5) is 38.9. The molecule has 2 aromatic carbocycles. The van der Waals surface area contributed by atoms with Crippen molar-refractivity contribution in [3.8, 4) is 5.75 Å². The minimum absolute atomic E-state index is 0.0108. The van der Waals surface area contributed by atoms with E-state index in [4.69, 9.17) is 4.74 Å². The lowest BCUT2D eigenvalue weighted by Crippen LogP contribution is -2.45. The first-order valence-electron chi connectivity index (χ1n) is 11.6. The molecular weight excluding hydrogens is 432 g/mol. The van der Waals surface area contributed by atoms with Gasteiger partial charge in [0.25, 0.3) is 0 Å². The molecule has 0 bridgehead atoms. The highest BCUT2D eigenvalue weighted by atomic mass is 16.5. The maximum atomic E-state index is 13.1. The molecule has 8 heteroatoms. The summed E-state index contributed by atoms with van der Waals surface area (Å²) in [6.07, 6.45) is 2.01. The number of methoxy groups -OCH3 is 1. The summed E-state index contributed by atoms with van der Waals surface area (Å²) in [5, 5.41) is 8.64. The van der Waals surface area contributed by atoms with Crippen LogP contribution in [0.1, 0.15) is 43.4 Å². The number of carbonyl (C=O) groups excluding carboxylic acids is 3. The minimum Gasteiger partial charge on any atom is -0.497 e. The molecule has 0 spiro atoms. The van der Waals surface area contributed by atoms with E-state index in [0.717, 1.165) is 35.4 Å². The number of hydrogen-bond acceptors (Lipinski definition) is 4. The normalized spacial score (nSPS) is 16.3. The number of urea groups is 1. The lowest BCUT2D eigenvalue weighted by atomic mass is 9.96. The standard InChI is InChI=1S/C26H34N4O4/c1-18-6-10-22(11-7-18)29-26(33)27-16-20-5-4-14-30(17-20)25(32)15-24(28-19(2)31)21-8-12-23(34-3)13-9-21/h6-13,20,24H,4-5,14-17H2,1-3H3,(H,28,31)(H2,27,29,33). The van der Waals surface area contributed by atoms with Gasteiger partial charge in [-0.3, -0.25) is 9.59 Å². The second-order valence-corrected chi connectivity index (χ2v) is 8.78. The average Bonchev–Trinajstić information content (AvgIpc) is 2.83. The molecular formula is C26H34N4O4. The molecule has 182 valence electrons. The third kappa shape index (κ3) is 7.50. The Morgan fingerprint density at radius 2 is 1.79 bits per heavy atom. The van der Waals surface area contributed by atoms with Crippen molar-refractivity contribution in [2.24, 2.45) is 5.92 Å². The predicted molar refractivity (Wildman–Crippen MR) is 132 cm³/mol. The first kappa shape index (κ1) is 25.1. The second-order valence-electron chi connectivity index (χ2n) is 8.78. The number of rotatable bonds is 8. The van der Waals surface area contributed by atoms with Crippen molar-refractivity contribution in [1.29, 1.82) is 0 Å². The Morgan fingerprint density at radius 1 is 1.09 bits per heavy atom. The minimum atomic E-state index is -0.408. The number of piperidine rings is 1. The van der Waals surface area contributed by atoms with Crippen LogP contribution in [0.15, 0.2) is 48.5 Å². The number of aryl methyl sites for hydroxylation is 1. The molecule has 1 fully saturated rings. The summed E-state index contributed by atoms with van der Waals surface area (Å²) < 4.78 is 5.20. The molecule has 2 atom stereocenters. The van der Waals surface area contributed by atoms with Gasteiger partial charge in [-0.05, 0) is 55.5 Å². The van der Waals surface area contributed by atoms with E-state index in [1.165, 1.54) is 6.92 Å². The summed E-state index contributed by atoms with van der Waals surface area (Å²) >= 11 is 0. The molecule has 0 aliphatic carbocycles. The Bertz CT molecular complexity index is 975. The van der Waals surface area contributed by atoms with Gasteiger partial charge < -0.3 is 25.6 Å². The number of carbonyl (C=O) groups is 3. The number of amides is 4. The van der Waals surface area contributed by atoms with Crippen LogP contribution in [0.4, 0.5) is 10.5 Å². The SMILES string of the molecule is COc1ccc(C(CC(=O)N2CCCC(CNC(=O)Nc3ccc(C)cc3)C2)NC(C)=O)cc1. The maximum Gasteiger partial charge on any atom is 0.319 e. The average molecular weight is 467 g/mol. The molecule has 4 amide bonds. The van der Waals surface area contributed by atoms with Gasteiger partial charge in [-0.15, -0.1) is 0 Å². The van der Waals surface area contributed by atoms with Gasteiger partial charge >= 0.3 is 6.03 Å². The van der Waals surface area contributed by atoms with Crippen LogP contribution in [-0.2, 0) is 9.59 Å². The fraction of sp³-hybridized carbons (Fsp3) is 0.423. The Balaban J connectivity index is 1.52. The first-order chi connectivity index (χ1) is 16.3. The molecule has 1 saturated heterocycles. The van der Waals surface area contributed by atoms with Crippen LogP contribution in [0.3, 0.4) is 0 Å². The van der Waals surface area contributed by atoms with Crippen molar-refractivity contribution in [3.63, 3.8) is 0 Å². The second kappa shape index (κ2) is 12.1. The molecule has 1 heterocycles. The number of hydrogen-bond donors (Lipinski definition) is 3. The van der Waals surface area contributed by atoms with E-state index in [1.54, 1.807) is 7.11 Å². The zero-order chi connectivity index (χ0) is 24.5. The van der Waals surface area contributed by atoms with Crippen LogP contribution in [0.25, 0.3) is 0 Å². The van der Waals surface area contributed by atoms with E-state index in [-0.39, 0.29) is 30.2 Å². The number of benzene rings is 2. The zero-order valence-electron chi connectivity index (χ0n) is 20.1. The molecule has 3 rings (SSSR count). The van der Waals surface area contributed by atoms with Gasteiger partial charge in [0.1, 0.15) is 5.75 Å². The summed E-state index contributed by atoms with van der Waals surface area (Å²) in [6, 6.07) is 14.3. The highest BCUT2D eigenvalue weighted by Gasteiger charge is 2.26. The summed E-state index contributed by atoms with van der Waals surface area (Å²) in [5.74, 6) is 0.702. The van der Waals surface area contributed by atoms with Crippen molar-refractivity contribution < 1.29 is 19.1 Å². The Kier molecular flexibility index (Phi) is 8.90. The molecule has 2 unspecified atom stereocenters. The highest BCUT2D eigenvalue weighted by molar-refractivity contribution is 5.89. The quantitative estimate of drug-likeness (QED) is 0.553. The summed E-state index contributed by atoms with van der Waals surface area (Å²) in [5.41, 5.74) is 2.73. The van der Waals surface area contributed by atoms with Gasteiger partial charge in [-0.25, -0.2) is 4.79 Å². The van der Waals surface area contributed by atoms with Crippen LogP contribution in [0, 0.1) is 12.8 Å². The van der Waals surface area contributed by atoms with Gasteiger partial charge in [0.2, 0.25) is 11.8 Å². The summed E-state index contributed by atoms with van der Waals surface area (Å²) in [6.45, 7) is 5.20. The van der Waals surface area contributed by atoms with Gasteiger partial charge in [0.05, 0.1) is 19.6 Å². The molecule has 2 aromatic rings. The van der Waals surface area contributed by atoms with Crippen molar-refractivity contribution in [1.82, 2.24) is 15.5 Å². The summed E-state index contributed by atoms with van der Waals surface area (Å²) in [7, 11) is 1.59. The molecule has 1 aliphatic heterocycles. The van der Waals surface area contributed by atoms with Crippen molar-refractivity contribution >= 4 is 23.5 Å². The van der Waals surface area contributed by atoms with Gasteiger partial charge in [0, 0.05) is 32.2 Å². The predicted octanol–water partition coefficient (Wildman–Crippen LogP) is 3.63. The van der Waals surface area contributed by atoms with E-state index >= 15 is 0 Å². The van der Waals surface area contributed by atoms with Crippen LogP contribution in [0.5, 0.6) is 5.75 Å². The first-order valence-corrected chi connectivity index (χ1v) is 11.6. The zero-order valence-corrected chi connectivity index (χ0v) is 20.1. The van der Waals surface area contributed by atoms with E-state index in [2.05, 4.69) is 16.0 Å². The highest BCUT2D eigenvalue weighted by Crippen LogP contribution is 2.23. The number of ether oxygens (including phenoxy) is 1.